The maximum Gasteiger partial charge on any atom is 0.170 e. The molecule has 2 fully saturated rings. The van der Waals surface area contributed by atoms with E-state index in [0.717, 1.165) is 63.2 Å². The van der Waals surface area contributed by atoms with Gasteiger partial charge in [-0.1, -0.05) is 37.0 Å². The van der Waals surface area contributed by atoms with Crippen LogP contribution in [0.15, 0.2) is 48.5 Å². The number of ketones is 1. The zero-order valence-corrected chi connectivity index (χ0v) is 24.1. The van der Waals surface area contributed by atoms with Crippen molar-refractivity contribution in [2.75, 3.05) is 49.3 Å². The van der Waals surface area contributed by atoms with E-state index in [1.54, 1.807) is 10.0 Å². The number of hydrogen-bond donors (Lipinski definition) is 2. The van der Waals surface area contributed by atoms with Crippen molar-refractivity contribution in [2.45, 2.75) is 51.6 Å². The van der Waals surface area contributed by atoms with Crippen molar-refractivity contribution >= 4 is 40.4 Å². The van der Waals surface area contributed by atoms with Crippen LogP contribution in [0.3, 0.4) is 0 Å². The van der Waals surface area contributed by atoms with E-state index in [-0.39, 0.29) is 17.9 Å². The van der Waals surface area contributed by atoms with Gasteiger partial charge in [0, 0.05) is 10.0 Å². The zero-order chi connectivity index (χ0) is 27.2. The Morgan fingerprint density at radius 3 is 1.37 bits per heavy atom. The van der Waals surface area contributed by atoms with E-state index < -0.39 is 0 Å². The first kappa shape index (κ1) is 29.1. The molecule has 2 aliphatic rings. The number of nitrogens with zero attached hydrogens (tertiary/aromatic N) is 4. The van der Waals surface area contributed by atoms with Gasteiger partial charge in [-0.2, -0.15) is 0 Å². The summed E-state index contributed by atoms with van der Waals surface area (Å²) in [5.74, 6) is 14.7. The molecule has 2 atom stereocenters. The van der Waals surface area contributed by atoms with Gasteiger partial charge in [-0.05, 0) is 112 Å². The van der Waals surface area contributed by atoms with Crippen LogP contribution in [-0.2, 0) is 4.79 Å². The third-order valence-electron chi connectivity index (χ3n) is 8.23. The van der Waals surface area contributed by atoms with Gasteiger partial charge in [-0.15, -0.1) is 0 Å². The summed E-state index contributed by atoms with van der Waals surface area (Å²) in [6, 6.07) is 14.2. The number of carbonyl (C=O) groups is 1. The fourth-order valence-electron chi connectivity index (χ4n) is 5.52. The van der Waals surface area contributed by atoms with Gasteiger partial charge in [-0.25, -0.2) is 11.7 Å². The first-order valence-corrected chi connectivity index (χ1v) is 14.5. The van der Waals surface area contributed by atoms with Crippen molar-refractivity contribution < 1.29 is 4.79 Å². The van der Waals surface area contributed by atoms with E-state index in [2.05, 4.69) is 23.6 Å². The smallest absolute Gasteiger partial charge is 0.170 e. The predicted molar refractivity (Wildman–Crippen MR) is 158 cm³/mol. The molecule has 0 aromatic heterocycles. The maximum atomic E-state index is 14.6. The van der Waals surface area contributed by atoms with Gasteiger partial charge in [0.05, 0.1) is 36.5 Å². The van der Waals surface area contributed by atoms with Gasteiger partial charge < -0.3 is 10.0 Å². The molecule has 4 N–H and O–H groups in total. The lowest BCUT2D eigenvalue weighted by molar-refractivity contribution is -0.130. The van der Waals surface area contributed by atoms with Crippen molar-refractivity contribution in [3.8, 4) is 0 Å². The zero-order valence-electron chi connectivity index (χ0n) is 22.6. The fourth-order valence-corrected chi connectivity index (χ4v) is 5.77. The van der Waals surface area contributed by atoms with Gasteiger partial charge in [0.1, 0.15) is 0 Å². The summed E-state index contributed by atoms with van der Waals surface area (Å²) in [4.78, 5) is 19.2. The Morgan fingerprint density at radius 2 is 1.05 bits per heavy atom. The molecule has 38 heavy (non-hydrogen) atoms. The first-order chi connectivity index (χ1) is 18.2. The van der Waals surface area contributed by atoms with Gasteiger partial charge in [-0.3, -0.25) is 14.6 Å². The van der Waals surface area contributed by atoms with Crippen LogP contribution >= 0.6 is 23.2 Å². The van der Waals surface area contributed by atoms with Crippen molar-refractivity contribution in [1.82, 2.24) is 9.80 Å². The molecule has 2 unspecified atom stereocenters. The summed E-state index contributed by atoms with van der Waals surface area (Å²) in [6.45, 7) is 8.93. The highest BCUT2D eigenvalue weighted by atomic mass is 35.5. The molecule has 4 rings (SSSR count). The maximum absolute atomic E-state index is 14.6. The highest BCUT2D eigenvalue weighted by Gasteiger charge is 2.38. The van der Waals surface area contributed by atoms with E-state index in [4.69, 9.17) is 34.9 Å². The second kappa shape index (κ2) is 13.5. The molecule has 0 saturated carbocycles. The Labute approximate surface area is 237 Å². The second-order valence-corrected chi connectivity index (χ2v) is 12.0. The lowest BCUT2D eigenvalue weighted by atomic mass is 9.92. The van der Waals surface area contributed by atoms with Crippen LogP contribution in [0.5, 0.6) is 0 Å². The number of piperidine rings is 2. The minimum atomic E-state index is -0.342. The average Bonchev–Trinajstić information content (AvgIpc) is 2.92. The van der Waals surface area contributed by atoms with Crippen molar-refractivity contribution in [1.29, 1.82) is 0 Å². The fraction of sp³-hybridized carbons (Fsp3) is 0.552. The molecule has 2 aromatic rings. The lowest BCUT2D eigenvalue weighted by Gasteiger charge is -2.43. The standard InChI is InChI=1S/C29H42Cl2N6O/c1-21-11-15-34(16-12-21)27(19-36(32)25-7-3-23(30)4-8-25)29(38)28(35-17-13-22(2)14-18-35)20-37(33)26-9-5-24(31)6-10-26/h3-10,21-22,27-28H,11-20,32-33H2,1-2H3. The van der Waals surface area contributed by atoms with Crippen molar-refractivity contribution in [3.05, 3.63) is 58.6 Å². The minimum Gasteiger partial charge on any atom is -0.309 e. The van der Waals surface area contributed by atoms with Crippen molar-refractivity contribution in [3.63, 3.8) is 0 Å². The largest absolute Gasteiger partial charge is 0.309 e. The highest BCUT2D eigenvalue weighted by Crippen LogP contribution is 2.26. The summed E-state index contributed by atoms with van der Waals surface area (Å²) in [5.41, 5.74) is 1.67. The topological polar surface area (TPSA) is 82.1 Å². The van der Waals surface area contributed by atoms with Gasteiger partial charge >= 0.3 is 0 Å². The Morgan fingerprint density at radius 1 is 0.737 bits per heavy atom. The van der Waals surface area contributed by atoms with Crippen LogP contribution < -0.4 is 21.7 Å². The van der Waals surface area contributed by atoms with Crippen LogP contribution in [0.4, 0.5) is 11.4 Å². The first-order valence-electron chi connectivity index (χ1n) is 13.8. The molecule has 7 nitrogen and oxygen atoms in total. The second-order valence-electron chi connectivity index (χ2n) is 11.1. The molecule has 2 aliphatic heterocycles. The summed E-state index contributed by atoms with van der Waals surface area (Å²) >= 11 is 12.2. The van der Waals surface area contributed by atoms with Crippen LogP contribution in [0.1, 0.15) is 39.5 Å². The van der Waals surface area contributed by atoms with Crippen LogP contribution in [0.25, 0.3) is 0 Å². The summed E-state index contributed by atoms with van der Waals surface area (Å²) < 4.78 is 0. The summed E-state index contributed by atoms with van der Waals surface area (Å²) in [7, 11) is 0. The molecule has 0 aliphatic carbocycles. The van der Waals surface area contributed by atoms with Crippen molar-refractivity contribution in [2.24, 2.45) is 23.5 Å². The third kappa shape index (κ3) is 7.62. The number of hydrogen-bond acceptors (Lipinski definition) is 7. The third-order valence-corrected chi connectivity index (χ3v) is 8.73. The van der Waals surface area contributed by atoms with E-state index >= 15 is 0 Å². The molecular formula is C29H42Cl2N6O. The lowest BCUT2D eigenvalue weighted by Crippen LogP contribution is -2.61. The number of carbonyl (C=O) groups excluding carboxylic acids is 1. The number of halogens is 2. The molecule has 0 spiro atoms. The number of Topliss-reactive ketones (excluding diaryl/α,β-unsaturated/α-hetero) is 1. The molecule has 2 heterocycles. The van der Waals surface area contributed by atoms with Crippen LogP contribution in [0, 0.1) is 11.8 Å². The number of anilines is 2. The Bertz CT molecular complexity index is 939. The number of hydrazine groups is 2. The SMILES string of the molecule is CC1CCN(C(CN(N)c2ccc(Cl)cc2)C(=O)C(CN(N)c2ccc(Cl)cc2)N2CCC(C)CC2)CC1. The Hall–Kier alpha value is -1.87. The van der Waals surface area contributed by atoms with E-state index in [1.165, 1.54) is 0 Å². The number of nitrogens with two attached hydrogens (primary N) is 2. The quantitative estimate of drug-likeness (QED) is 0.318. The number of rotatable bonds is 10. The van der Waals surface area contributed by atoms with Gasteiger partial charge in [0.2, 0.25) is 0 Å². The number of likely N-dealkylation sites (tertiary alicyclic amines) is 2. The molecule has 208 valence electrons. The minimum absolute atomic E-state index is 0.183. The summed E-state index contributed by atoms with van der Waals surface area (Å²) in [5, 5.41) is 4.69. The van der Waals surface area contributed by atoms with Crippen LogP contribution in [0.2, 0.25) is 10.0 Å². The molecule has 9 heteroatoms. The van der Waals surface area contributed by atoms with E-state index in [9.17, 15) is 4.79 Å². The normalized spacial score (nSPS) is 19.7. The number of benzene rings is 2. The molecule has 2 saturated heterocycles. The molecule has 0 radical (unpaired) electrons. The summed E-state index contributed by atoms with van der Waals surface area (Å²) in [6.07, 6.45) is 4.31. The monoisotopic (exact) mass is 560 g/mol. The molecule has 2 aromatic carbocycles. The van der Waals surface area contributed by atoms with Gasteiger partial charge in [0.25, 0.3) is 0 Å². The van der Waals surface area contributed by atoms with E-state index in [1.807, 2.05) is 48.5 Å². The predicted octanol–water partition coefficient (Wildman–Crippen LogP) is 4.82. The van der Waals surface area contributed by atoms with Crippen LogP contribution in [-0.4, -0.2) is 66.9 Å². The molecule has 0 amide bonds. The average molecular weight is 562 g/mol. The highest BCUT2D eigenvalue weighted by molar-refractivity contribution is 6.30. The van der Waals surface area contributed by atoms with Gasteiger partial charge in [0.15, 0.2) is 5.78 Å². The Kier molecular flexibility index (Phi) is 10.3. The van der Waals surface area contributed by atoms with E-state index in [0.29, 0.717) is 35.0 Å². The molecule has 0 bridgehead atoms. The molecular weight excluding hydrogens is 519 g/mol. The Balaban J connectivity index is 1.60.